The van der Waals surface area contributed by atoms with E-state index in [4.69, 9.17) is 4.74 Å². The summed E-state index contributed by atoms with van der Waals surface area (Å²) in [6.45, 7) is 4.80. The Morgan fingerprint density at radius 2 is 2.15 bits per heavy atom. The van der Waals surface area contributed by atoms with Crippen LogP contribution < -0.4 is 0 Å². The Morgan fingerprint density at radius 3 is 2.62 bits per heavy atom. The minimum Gasteiger partial charge on any atom is -0.379 e. The van der Waals surface area contributed by atoms with Crippen LogP contribution in [0.3, 0.4) is 0 Å². The summed E-state index contributed by atoms with van der Waals surface area (Å²) in [6, 6.07) is 0. The molecule has 1 aliphatic rings. The number of ether oxygens (including phenoxy) is 1. The zero-order chi connectivity index (χ0) is 9.73. The molecule has 74 valence electrons. The predicted octanol–water partition coefficient (Wildman–Crippen LogP) is 2.06. The van der Waals surface area contributed by atoms with E-state index in [2.05, 4.69) is 4.99 Å². The van der Waals surface area contributed by atoms with Gasteiger partial charge in [0.2, 0.25) is 6.08 Å². The molecular formula is C10H17NO2. The second-order valence-corrected chi connectivity index (χ2v) is 3.85. The number of aliphatic imine (C=N–C) groups is 1. The lowest BCUT2D eigenvalue weighted by Gasteiger charge is -2.32. The highest BCUT2D eigenvalue weighted by molar-refractivity contribution is 5.34. The van der Waals surface area contributed by atoms with Gasteiger partial charge in [-0.15, -0.1) is 0 Å². The van der Waals surface area contributed by atoms with E-state index in [1.54, 1.807) is 6.08 Å². The van der Waals surface area contributed by atoms with E-state index in [1.165, 1.54) is 0 Å². The van der Waals surface area contributed by atoms with Crippen LogP contribution in [-0.4, -0.2) is 24.3 Å². The van der Waals surface area contributed by atoms with Gasteiger partial charge in [-0.3, -0.25) is 0 Å². The van der Waals surface area contributed by atoms with Crippen LogP contribution in [0.4, 0.5) is 0 Å². The summed E-state index contributed by atoms with van der Waals surface area (Å²) in [7, 11) is 0. The molecule has 0 heterocycles. The van der Waals surface area contributed by atoms with Gasteiger partial charge >= 0.3 is 0 Å². The van der Waals surface area contributed by atoms with Gasteiger partial charge < -0.3 is 4.74 Å². The SMILES string of the molecule is CCOC1CCC(C)(N=C=O)CC1. The molecule has 0 spiro atoms. The van der Waals surface area contributed by atoms with Gasteiger partial charge in [-0.25, -0.2) is 4.79 Å². The van der Waals surface area contributed by atoms with Crippen molar-refractivity contribution >= 4 is 6.08 Å². The standard InChI is InChI=1S/C10H17NO2/c1-3-13-9-4-6-10(2,7-5-9)11-8-12/h9H,3-7H2,1-2H3. The Kier molecular flexibility index (Phi) is 3.64. The number of nitrogens with zero attached hydrogens (tertiary/aromatic N) is 1. The van der Waals surface area contributed by atoms with Gasteiger partial charge in [-0.1, -0.05) is 0 Å². The molecular weight excluding hydrogens is 166 g/mol. The quantitative estimate of drug-likeness (QED) is 0.496. The molecule has 0 atom stereocenters. The Balaban J connectivity index is 2.41. The Morgan fingerprint density at radius 1 is 1.54 bits per heavy atom. The molecule has 0 bridgehead atoms. The Bertz CT molecular complexity index is 201. The summed E-state index contributed by atoms with van der Waals surface area (Å²) < 4.78 is 5.51. The van der Waals surface area contributed by atoms with Crippen molar-refractivity contribution in [1.82, 2.24) is 0 Å². The summed E-state index contributed by atoms with van der Waals surface area (Å²) in [5, 5.41) is 0. The number of isocyanates is 1. The first-order valence-corrected chi connectivity index (χ1v) is 4.91. The van der Waals surface area contributed by atoms with Crippen molar-refractivity contribution < 1.29 is 9.53 Å². The number of hydrogen-bond donors (Lipinski definition) is 0. The van der Waals surface area contributed by atoms with Gasteiger partial charge in [-0.05, 0) is 39.5 Å². The molecule has 3 heteroatoms. The van der Waals surface area contributed by atoms with E-state index in [0.717, 1.165) is 32.3 Å². The molecule has 0 N–H and O–H groups in total. The van der Waals surface area contributed by atoms with Crippen LogP contribution in [0, 0.1) is 0 Å². The first kappa shape index (κ1) is 10.4. The van der Waals surface area contributed by atoms with Crippen molar-refractivity contribution in [3.05, 3.63) is 0 Å². The van der Waals surface area contributed by atoms with Crippen LogP contribution >= 0.6 is 0 Å². The fourth-order valence-electron chi connectivity index (χ4n) is 1.84. The molecule has 0 unspecified atom stereocenters. The van der Waals surface area contributed by atoms with Crippen molar-refractivity contribution in [3.63, 3.8) is 0 Å². The molecule has 1 rings (SSSR count). The largest absolute Gasteiger partial charge is 0.379 e. The second-order valence-electron chi connectivity index (χ2n) is 3.85. The van der Waals surface area contributed by atoms with E-state index in [1.807, 2.05) is 13.8 Å². The molecule has 0 radical (unpaired) electrons. The highest BCUT2D eigenvalue weighted by Gasteiger charge is 2.30. The van der Waals surface area contributed by atoms with Crippen molar-refractivity contribution in [3.8, 4) is 0 Å². The van der Waals surface area contributed by atoms with Crippen molar-refractivity contribution in [2.45, 2.75) is 51.2 Å². The highest BCUT2D eigenvalue weighted by atomic mass is 16.5. The van der Waals surface area contributed by atoms with E-state index in [9.17, 15) is 4.79 Å². The van der Waals surface area contributed by atoms with Crippen molar-refractivity contribution in [1.29, 1.82) is 0 Å². The molecule has 13 heavy (non-hydrogen) atoms. The average Bonchev–Trinajstić information content (AvgIpc) is 2.10. The van der Waals surface area contributed by atoms with Crippen LogP contribution in [0.2, 0.25) is 0 Å². The van der Waals surface area contributed by atoms with Gasteiger partial charge in [0.25, 0.3) is 0 Å². The summed E-state index contributed by atoms with van der Waals surface area (Å²) >= 11 is 0. The van der Waals surface area contributed by atoms with Crippen LogP contribution in [-0.2, 0) is 9.53 Å². The predicted molar refractivity (Wildman–Crippen MR) is 50.4 cm³/mol. The molecule has 1 fully saturated rings. The molecule has 1 saturated carbocycles. The highest BCUT2D eigenvalue weighted by Crippen LogP contribution is 2.32. The van der Waals surface area contributed by atoms with Crippen LogP contribution in [0.5, 0.6) is 0 Å². The zero-order valence-corrected chi connectivity index (χ0v) is 8.38. The minimum absolute atomic E-state index is 0.171. The lowest BCUT2D eigenvalue weighted by atomic mass is 9.82. The number of carbonyl (C=O) groups excluding carboxylic acids is 1. The van der Waals surface area contributed by atoms with Crippen LogP contribution in [0.25, 0.3) is 0 Å². The zero-order valence-electron chi connectivity index (χ0n) is 8.38. The average molecular weight is 183 g/mol. The topological polar surface area (TPSA) is 38.7 Å². The van der Waals surface area contributed by atoms with Crippen LogP contribution in [0.1, 0.15) is 39.5 Å². The van der Waals surface area contributed by atoms with E-state index in [-0.39, 0.29) is 5.54 Å². The third-order valence-electron chi connectivity index (χ3n) is 2.73. The molecule has 0 aromatic rings. The molecule has 1 aliphatic carbocycles. The third kappa shape index (κ3) is 2.94. The number of hydrogen-bond acceptors (Lipinski definition) is 3. The molecule has 3 nitrogen and oxygen atoms in total. The maximum absolute atomic E-state index is 10.2. The lowest BCUT2D eigenvalue weighted by Crippen LogP contribution is -2.32. The summed E-state index contributed by atoms with van der Waals surface area (Å²) in [5.74, 6) is 0. The number of rotatable bonds is 3. The van der Waals surface area contributed by atoms with Gasteiger partial charge in [0.1, 0.15) is 0 Å². The summed E-state index contributed by atoms with van der Waals surface area (Å²) in [6.07, 6.45) is 5.93. The first-order valence-electron chi connectivity index (χ1n) is 4.91. The summed E-state index contributed by atoms with van der Waals surface area (Å²) in [5.41, 5.74) is -0.171. The van der Waals surface area contributed by atoms with Gasteiger partial charge in [0, 0.05) is 6.61 Å². The Hall–Kier alpha value is -0.660. The normalized spacial score (nSPS) is 33.8. The maximum atomic E-state index is 10.2. The van der Waals surface area contributed by atoms with Crippen molar-refractivity contribution in [2.75, 3.05) is 6.61 Å². The maximum Gasteiger partial charge on any atom is 0.235 e. The third-order valence-corrected chi connectivity index (χ3v) is 2.73. The fourth-order valence-corrected chi connectivity index (χ4v) is 1.84. The van der Waals surface area contributed by atoms with E-state index in [0.29, 0.717) is 6.10 Å². The summed E-state index contributed by atoms with van der Waals surface area (Å²) in [4.78, 5) is 14.0. The Labute approximate surface area is 79.2 Å². The molecule has 0 amide bonds. The first-order chi connectivity index (χ1) is 6.20. The smallest absolute Gasteiger partial charge is 0.235 e. The van der Waals surface area contributed by atoms with Gasteiger partial charge in [0.05, 0.1) is 11.6 Å². The molecule has 0 aromatic heterocycles. The molecule has 0 aliphatic heterocycles. The lowest BCUT2D eigenvalue weighted by molar-refractivity contribution is 0.0233. The minimum atomic E-state index is -0.171. The monoisotopic (exact) mass is 183 g/mol. The van der Waals surface area contributed by atoms with Gasteiger partial charge in [-0.2, -0.15) is 4.99 Å². The molecule has 0 aromatic carbocycles. The van der Waals surface area contributed by atoms with Gasteiger partial charge in [0.15, 0.2) is 0 Å². The second kappa shape index (κ2) is 4.54. The van der Waals surface area contributed by atoms with E-state index >= 15 is 0 Å². The van der Waals surface area contributed by atoms with Crippen molar-refractivity contribution in [2.24, 2.45) is 4.99 Å². The molecule has 0 saturated heterocycles. The fraction of sp³-hybridized carbons (Fsp3) is 0.900. The van der Waals surface area contributed by atoms with E-state index < -0.39 is 0 Å². The van der Waals surface area contributed by atoms with Crippen LogP contribution in [0.15, 0.2) is 4.99 Å².